The first kappa shape index (κ1) is 31.4. The minimum Gasteiger partial charge on any atom is -0.492 e. The summed E-state index contributed by atoms with van der Waals surface area (Å²) in [5, 5.41) is 6.91. The van der Waals surface area contributed by atoms with Crippen molar-refractivity contribution in [2.45, 2.75) is 84.8 Å². The van der Waals surface area contributed by atoms with Crippen LogP contribution in [0.5, 0.6) is 5.75 Å². The van der Waals surface area contributed by atoms with E-state index in [4.69, 9.17) is 9.47 Å². The molecule has 0 saturated heterocycles. The molecule has 2 aromatic carbocycles. The van der Waals surface area contributed by atoms with Crippen LogP contribution < -0.4 is 10.1 Å². The standard InChI is InChI=1S/C32H41F3N4O3/c1-8-38-18-23(17-37-38)21-9-10-25-22(14-21)13-20(2)39(19-32(6,7)35)29(25)28-26(33)15-24(16-27(28)34)41-12-11-36-30(40)42-31(3,4)5/h9-10,14-18,20,29H,8,11-13,19H2,1-7H3,(H,36,40)/t20-,29+/m1/s1. The number of carbonyl (C=O) groups is 1. The molecule has 42 heavy (non-hydrogen) atoms. The summed E-state index contributed by atoms with van der Waals surface area (Å²) in [6.45, 7) is 13.0. The molecule has 0 spiro atoms. The number of hydrogen-bond acceptors (Lipinski definition) is 5. The average molecular weight is 587 g/mol. The molecule has 0 unspecified atom stereocenters. The number of nitrogens with zero attached hydrogens (tertiary/aromatic N) is 3. The third kappa shape index (κ3) is 7.65. The predicted molar refractivity (Wildman–Crippen MR) is 156 cm³/mol. The Morgan fingerprint density at radius 2 is 1.79 bits per heavy atom. The van der Waals surface area contributed by atoms with E-state index in [1.54, 1.807) is 27.0 Å². The normalized spacial score (nSPS) is 17.6. The summed E-state index contributed by atoms with van der Waals surface area (Å²) < 4.78 is 59.1. The number of halogens is 3. The van der Waals surface area contributed by atoms with Gasteiger partial charge in [-0.25, -0.2) is 18.0 Å². The van der Waals surface area contributed by atoms with Crippen LogP contribution in [0.3, 0.4) is 0 Å². The number of alkyl halides is 1. The Morgan fingerprint density at radius 1 is 1.10 bits per heavy atom. The first-order chi connectivity index (χ1) is 19.6. The number of benzene rings is 2. The molecule has 2 atom stereocenters. The number of aryl methyl sites for hydroxylation is 1. The summed E-state index contributed by atoms with van der Waals surface area (Å²) in [6, 6.07) is 7.10. The van der Waals surface area contributed by atoms with Gasteiger partial charge in [-0.3, -0.25) is 9.58 Å². The lowest BCUT2D eigenvalue weighted by Gasteiger charge is -2.44. The average Bonchev–Trinajstić information content (AvgIpc) is 3.35. The molecular formula is C32H41F3N4O3. The molecule has 1 aromatic heterocycles. The predicted octanol–water partition coefficient (Wildman–Crippen LogP) is 6.84. The van der Waals surface area contributed by atoms with Crippen molar-refractivity contribution >= 4 is 6.09 Å². The Bertz CT molecular complexity index is 1390. The molecule has 228 valence electrons. The van der Waals surface area contributed by atoms with Crippen molar-refractivity contribution in [2.24, 2.45) is 0 Å². The molecule has 10 heteroatoms. The molecule has 2 heterocycles. The number of carbonyl (C=O) groups excluding carboxylic acids is 1. The lowest BCUT2D eigenvalue weighted by atomic mass is 9.82. The molecule has 1 aliphatic heterocycles. The number of rotatable bonds is 9. The molecule has 3 aromatic rings. The van der Waals surface area contributed by atoms with Gasteiger partial charge in [-0.1, -0.05) is 18.2 Å². The van der Waals surface area contributed by atoms with Gasteiger partial charge in [0.1, 0.15) is 35.3 Å². The van der Waals surface area contributed by atoms with E-state index in [0.29, 0.717) is 6.42 Å². The molecule has 1 aliphatic rings. The smallest absolute Gasteiger partial charge is 0.407 e. The molecule has 0 aliphatic carbocycles. The Hall–Kier alpha value is -3.53. The van der Waals surface area contributed by atoms with Gasteiger partial charge in [0.15, 0.2) is 0 Å². The molecule has 0 saturated carbocycles. The fraction of sp³-hybridized carbons (Fsp3) is 0.500. The van der Waals surface area contributed by atoms with Gasteiger partial charge >= 0.3 is 6.09 Å². The summed E-state index contributed by atoms with van der Waals surface area (Å²) in [5.41, 5.74) is 1.22. The van der Waals surface area contributed by atoms with E-state index in [9.17, 15) is 4.79 Å². The highest BCUT2D eigenvalue weighted by molar-refractivity contribution is 5.67. The molecular weight excluding hydrogens is 545 g/mol. The Kier molecular flexibility index (Phi) is 9.25. The van der Waals surface area contributed by atoms with Gasteiger partial charge in [-0.15, -0.1) is 0 Å². The molecule has 4 rings (SSSR count). The Balaban J connectivity index is 1.63. The van der Waals surface area contributed by atoms with Gasteiger partial charge < -0.3 is 14.8 Å². The van der Waals surface area contributed by atoms with Crippen molar-refractivity contribution in [3.63, 3.8) is 0 Å². The van der Waals surface area contributed by atoms with E-state index in [2.05, 4.69) is 10.4 Å². The summed E-state index contributed by atoms with van der Waals surface area (Å²) in [6.07, 6.45) is 3.76. The minimum atomic E-state index is -1.59. The van der Waals surface area contributed by atoms with Crippen molar-refractivity contribution in [2.75, 3.05) is 19.7 Å². The summed E-state index contributed by atoms with van der Waals surface area (Å²) in [4.78, 5) is 13.7. The van der Waals surface area contributed by atoms with Gasteiger partial charge in [0, 0.05) is 48.6 Å². The zero-order chi connectivity index (χ0) is 30.8. The number of aromatic nitrogens is 2. The molecule has 0 fully saturated rings. The highest BCUT2D eigenvalue weighted by atomic mass is 19.1. The Morgan fingerprint density at radius 3 is 2.38 bits per heavy atom. The van der Waals surface area contributed by atoms with Crippen molar-refractivity contribution in [3.8, 4) is 16.9 Å². The zero-order valence-corrected chi connectivity index (χ0v) is 25.4. The van der Waals surface area contributed by atoms with E-state index >= 15 is 13.2 Å². The number of hydrogen-bond donors (Lipinski definition) is 1. The fourth-order valence-corrected chi connectivity index (χ4v) is 5.33. The Labute approximate surface area is 246 Å². The number of nitrogens with one attached hydrogen (secondary N) is 1. The van der Waals surface area contributed by atoms with Gasteiger partial charge in [0.05, 0.1) is 18.8 Å². The van der Waals surface area contributed by atoms with Gasteiger partial charge in [-0.2, -0.15) is 5.10 Å². The van der Waals surface area contributed by atoms with Crippen LogP contribution in [0.25, 0.3) is 11.1 Å². The van der Waals surface area contributed by atoms with Crippen molar-refractivity contribution in [3.05, 3.63) is 71.1 Å². The number of alkyl carbamates (subject to hydrolysis) is 1. The summed E-state index contributed by atoms with van der Waals surface area (Å²) >= 11 is 0. The minimum absolute atomic E-state index is 0.00321. The molecule has 0 radical (unpaired) electrons. The van der Waals surface area contributed by atoms with Gasteiger partial charge in [0.25, 0.3) is 0 Å². The van der Waals surface area contributed by atoms with Gasteiger partial charge in [0.2, 0.25) is 0 Å². The zero-order valence-electron chi connectivity index (χ0n) is 25.4. The van der Waals surface area contributed by atoms with Crippen LogP contribution in [-0.4, -0.2) is 57.8 Å². The molecule has 0 bridgehead atoms. The van der Waals surface area contributed by atoms with Crippen LogP contribution in [0.4, 0.5) is 18.0 Å². The largest absolute Gasteiger partial charge is 0.492 e. The van der Waals surface area contributed by atoms with Crippen LogP contribution in [0.2, 0.25) is 0 Å². The lowest BCUT2D eigenvalue weighted by molar-refractivity contribution is 0.0520. The third-order valence-corrected chi connectivity index (χ3v) is 7.06. The quantitative estimate of drug-likeness (QED) is 0.278. The second-order valence-electron chi connectivity index (χ2n) is 12.4. The van der Waals surface area contributed by atoms with E-state index in [-0.39, 0.29) is 37.1 Å². The van der Waals surface area contributed by atoms with Crippen molar-refractivity contribution < 1.29 is 27.4 Å². The second-order valence-corrected chi connectivity index (χ2v) is 12.4. The van der Waals surface area contributed by atoms with E-state index in [0.717, 1.165) is 40.9 Å². The fourth-order valence-electron chi connectivity index (χ4n) is 5.33. The maximum Gasteiger partial charge on any atom is 0.407 e. The molecule has 7 nitrogen and oxygen atoms in total. The van der Waals surface area contributed by atoms with Crippen LogP contribution >= 0.6 is 0 Å². The number of fused-ring (bicyclic) bond motifs is 1. The van der Waals surface area contributed by atoms with Crippen LogP contribution in [0.15, 0.2) is 42.7 Å². The van der Waals surface area contributed by atoms with Crippen molar-refractivity contribution in [1.29, 1.82) is 0 Å². The summed E-state index contributed by atoms with van der Waals surface area (Å²) in [5.74, 6) is -1.58. The highest BCUT2D eigenvalue weighted by Crippen LogP contribution is 2.43. The van der Waals surface area contributed by atoms with Crippen LogP contribution in [-0.2, 0) is 17.7 Å². The third-order valence-electron chi connectivity index (χ3n) is 7.06. The first-order valence-electron chi connectivity index (χ1n) is 14.3. The first-order valence-corrected chi connectivity index (χ1v) is 14.3. The van der Waals surface area contributed by atoms with E-state index < -0.39 is 35.0 Å². The number of ether oxygens (including phenoxy) is 2. The monoisotopic (exact) mass is 586 g/mol. The van der Waals surface area contributed by atoms with Crippen LogP contribution in [0, 0.1) is 11.6 Å². The second kappa shape index (κ2) is 12.4. The SMILES string of the molecule is CCn1cc(-c2ccc3c(c2)C[C@@H](C)N(CC(C)(C)F)[C@@H]3c2c(F)cc(OCCNC(=O)OC(C)(C)C)cc2F)cn1. The maximum absolute atomic E-state index is 15.8. The van der Waals surface area contributed by atoms with Crippen molar-refractivity contribution in [1.82, 2.24) is 20.0 Å². The van der Waals surface area contributed by atoms with Gasteiger partial charge in [-0.05, 0) is 71.6 Å². The van der Waals surface area contributed by atoms with Crippen LogP contribution in [0.1, 0.15) is 71.2 Å². The molecule has 1 amide bonds. The lowest BCUT2D eigenvalue weighted by Crippen LogP contribution is -2.48. The molecule has 1 N–H and O–H groups in total. The summed E-state index contributed by atoms with van der Waals surface area (Å²) in [7, 11) is 0. The topological polar surface area (TPSA) is 68.6 Å². The van der Waals surface area contributed by atoms with E-state index in [1.807, 2.05) is 47.8 Å². The van der Waals surface area contributed by atoms with E-state index in [1.165, 1.54) is 13.8 Å². The number of amides is 1. The highest BCUT2D eigenvalue weighted by Gasteiger charge is 2.39. The maximum atomic E-state index is 15.8.